The zero-order valence-corrected chi connectivity index (χ0v) is 10.7. The zero-order valence-electron chi connectivity index (χ0n) is 10.7. The third kappa shape index (κ3) is 3.67. The Morgan fingerprint density at radius 1 is 1.42 bits per heavy atom. The van der Waals surface area contributed by atoms with Gasteiger partial charge in [0.25, 0.3) is 5.91 Å². The Morgan fingerprint density at radius 3 is 2.58 bits per heavy atom. The van der Waals surface area contributed by atoms with Crippen LogP contribution in [0.5, 0.6) is 5.75 Å². The van der Waals surface area contributed by atoms with Gasteiger partial charge in [-0.2, -0.15) is 0 Å². The molecule has 1 amide bonds. The summed E-state index contributed by atoms with van der Waals surface area (Å²) in [5.74, 6) is -3.34. The summed E-state index contributed by atoms with van der Waals surface area (Å²) in [6, 6.07) is 1.83. The number of aliphatic carboxylic acids is 1. The zero-order chi connectivity index (χ0) is 14.6. The number of carbonyl (C=O) groups is 2. The molecule has 0 unspecified atom stereocenters. The summed E-state index contributed by atoms with van der Waals surface area (Å²) in [4.78, 5) is 22.9. The highest BCUT2D eigenvalue weighted by molar-refractivity contribution is 5.98. The molecule has 0 radical (unpaired) electrons. The van der Waals surface area contributed by atoms with Crippen molar-refractivity contribution in [1.82, 2.24) is 5.32 Å². The number of carboxylic acid groups (broad SMARTS) is 1. The van der Waals surface area contributed by atoms with Crippen molar-refractivity contribution in [2.75, 3.05) is 0 Å². The van der Waals surface area contributed by atoms with Crippen LogP contribution in [-0.2, 0) is 4.79 Å². The van der Waals surface area contributed by atoms with Crippen molar-refractivity contribution in [1.29, 1.82) is 0 Å². The summed E-state index contributed by atoms with van der Waals surface area (Å²) in [6.07, 6.45) is 0.562. The maximum atomic E-state index is 13.0. The van der Waals surface area contributed by atoms with Crippen LogP contribution in [0.4, 0.5) is 4.39 Å². The van der Waals surface area contributed by atoms with Crippen molar-refractivity contribution in [2.24, 2.45) is 5.92 Å². The van der Waals surface area contributed by atoms with E-state index in [9.17, 15) is 19.1 Å². The largest absolute Gasteiger partial charge is 0.507 e. The summed E-state index contributed by atoms with van der Waals surface area (Å²) in [6.45, 7) is 3.48. The number of nitrogens with one attached hydrogen (secondary N) is 1. The molecule has 0 saturated heterocycles. The molecule has 0 heterocycles. The monoisotopic (exact) mass is 269 g/mol. The van der Waals surface area contributed by atoms with E-state index in [4.69, 9.17) is 5.11 Å². The lowest BCUT2D eigenvalue weighted by molar-refractivity contribution is -0.140. The van der Waals surface area contributed by atoms with E-state index in [1.165, 1.54) is 0 Å². The Balaban J connectivity index is 2.94. The maximum Gasteiger partial charge on any atom is 0.326 e. The lowest BCUT2D eigenvalue weighted by atomic mass is 9.99. The maximum absolute atomic E-state index is 13.0. The number of carboxylic acids is 1. The topological polar surface area (TPSA) is 86.6 Å². The van der Waals surface area contributed by atoms with E-state index < -0.39 is 29.5 Å². The molecule has 0 aliphatic heterocycles. The van der Waals surface area contributed by atoms with Crippen molar-refractivity contribution >= 4 is 11.9 Å². The fraction of sp³-hybridized carbons (Fsp3) is 0.385. The van der Waals surface area contributed by atoms with Gasteiger partial charge in [0.05, 0.1) is 5.56 Å². The normalized spacial score (nSPS) is 13.6. The first-order valence-electron chi connectivity index (χ1n) is 5.89. The first kappa shape index (κ1) is 14.9. The molecule has 1 rings (SSSR count). The molecule has 0 aromatic heterocycles. The second-order valence-corrected chi connectivity index (χ2v) is 4.34. The molecular formula is C13H16FNO4. The minimum atomic E-state index is -1.17. The number of phenolic OH excluding ortho intramolecular Hbond substituents is 1. The Labute approximate surface area is 110 Å². The lowest BCUT2D eigenvalue weighted by Gasteiger charge is -2.20. The SMILES string of the molecule is CC[C@H](C)[C@H](NC(=O)c1cc(F)ccc1O)C(=O)O. The number of halogens is 1. The number of hydrogen-bond acceptors (Lipinski definition) is 3. The number of aromatic hydroxyl groups is 1. The molecule has 0 spiro atoms. The van der Waals surface area contributed by atoms with E-state index in [-0.39, 0.29) is 11.5 Å². The molecule has 5 nitrogen and oxygen atoms in total. The first-order valence-corrected chi connectivity index (χ1v) is 5.89. The molecule has 2 atom stereocenters. The predicted molar refractivity (Wildman–Crippen MR) is 66.4 cm³/mol. The third-order valence-electron chi connectivity index (χ3n) is 2.97. The van der Waals surface area contributed by atoms with Crippen molar-refractivity contribution in [3.63, 3.8) is 0 Å². The summed E-state index contributed by atoms with van der Waals surface area (Å²) < 4.78 is 13.0. The van der Waals surface area contributed by atoms with E-state index in [0.29, 0.717) is 6.42 Å². The van der Waals surface area contributed by atoms with Gasteiger partial charge in [0, 0.05) is 0 Å². The van der Waals surface area contributed by atoms with Crippen LogP contribution >= 0.6 is 0 Å². The van der Waals surface area contributed by atoms with E-state index in [1.807, 2.05) is 0 Å². The minimum Gasteiger partial charge on any atom is -0.507 e. The Kier molecular flexibility index (Phi) is 4.86. The molecule has 0 bridgehead atoms. The predicted octanol–water partition coefficient (Wildman–Crippen LogP) is 1.76. The van der Waals surface area contributed by atoms with Crippen LogP contribution in [0.15, 0.2) is 18.2 Å². The standard InChI is InChI=1S/C13H16FNO4/c1-3-7(2)11(13(18)19)15-12(17)9-6-8(14)4-5-10(9)16/h4-7,11,16H,3H2,1-2H3,(H,15,17)(H,18,19)/t7-,11-/m0/s1. The minimum absolute atomic E-state index is 0.280. The van der Waals surface area contributed by atoms with Gasteiger partial charge in [0.2, 0.25) is 0 Å². The van der Waals surface area contributed by atoms with Gasteiger partial charge in [-0.1, -0.05) is 20.3 Å². The Morgan fingerprint density at radius 2 is 2.05 bits per heavy atom. The summed E-state index contributed by atoms with van der Waals surface area (Å²) in [5, 5.41) is 20.8. The molecule has 19 heavy (non-hydrogen) atoms. The first-order chi connectivity index (χ1) is 8.86. The average molecular weight is 269 g/mol. The molecule has 0 saturated carbocycles. The molecule has 1 aromatic rings. The molecule has 6 heteroatoms. The molecule has 0 aliphatic rings. The number of hydrogen-bond donors (Lipinski definition) is 3. The molecular weight excluding hydrogens is 253 g/mol. The van der Waals surface area contributed by atoms with Gasteiger partial charge in [-0.05, 0) is 24.1 Å². The van der Waals surface area contributed by atoms with Gasteiger partial charge in [0.15, 0.2) is 0 Å². The highest BCUT2D eigenvalue weighted by Gasteiger charge is 2.26. The van der Waals surface area contributed by atoms with Gasteiger partial charge in [0.1, 0.15) is 17.6 Å². The van der Waals surface area contributed by atoms with E-state index in [1.54, 1.807) is 13.8 Å². The van der Waals surface area contributed by atoms with E-state index in [2.05, 4.69) is 5.32 Å². The van der Waals surface area contributed by atoms with Crippen LogP contribution in [-0.4, -0.2) is 28.1 Å². The highest BCUT2D eigenvalue weighted by Crippen LogP contribution is 2.18. The van der Waals surface area contributed by atoms with Gasteiger partial charge in [-0.25, -0.2) is 9.18 Å². The summed E-state index contributed by atoms with van der Waals surface area (Å²) >= 11 is 0. The van der Waals surface area contributed by atoms with Gasteiger partial charge in [-0.3, -0.25) is 4.79 Å². The third-order valence-corrected chi connectivity index (χ3v) is 2.97. The summed E-state index contributed by atoms with van der Waals surface area (Å²) in [5.41, 5.74) is -0.283. The van der Waals surface area contributed by atoms with Crippen LogP contribution in [0, 0.1) is 11.7 Å². The van der Waals surface area contributed by atoms with Crippen LogP contribution < -0.4 is 5.32 Å². The molecule has 0 aliphatic carbocycles. The van der Waals surface area contributed by atoms with E-state index in [0.717, 1.165) is 18.2 Å². The Hall–Kier alpha value is -2.11. The van der Waals surface area contributed by atoms with Crippen LogP contribution in [0.3, 0.4) is 0 Å². The van der Waals surface area contributed by atoms with Gasteiger partial charge in [-0.15, -0.1) is 0 Å². The fourth-order valence-corrected chi connectivity index (χ4v) is 1.59. The second-order valence-electron chi connectivity index (χ2n) is 4.34. The fourth-order valence-electron chi connectivity index (χ4n) is 1.59. The van der Waals surface area contributed by atoms with Crippen molar-refractivity contribution in [3.8, 4) is 5.75 Å². The van der Waals surface area contributed by atoms with Crippen molar-refractivity contribution in [2.45, 2.75) is 26.3 Å². The van der Waals surface area contributed by atoms with Crippen LogP contribution in [0.2, 0.25) is 0 Å². The Bertz CT molecular complexity index is 490. The lowest BCUT2D eigenvalue weighted by Crippen LogP contribution is -2.45. The molecule has 1 aromatic carbocycles. The van der Waals surface area contributed by atoms with Crippen molar-refractivity contribution in [3.05, 3.63) is 29.6 Å². The highest BCUT2D eigenvalue weighted by atomic mass is 19.1. The summed E-state index contributed by atoms with van der Waals surface area (Å²) in [7, 11) is 0. The number of rotatable bonds is 5. The number of benzene rings is 1. The second kappa shape index (κ2) is 6.17. The van der Waals surface area contributed by atoms with Gasteiger partial charge >= 0.3 is 5.97 Å². The smallest absolute Gasteiger partial charge is 0.326 e. The van der Waals surface area contributed by atoms with Crippen LogP contribution in [0.1, 0.15) is 30.6 Å². The molecule has 3 N–H and O–H groups in total. The van der Waals surface area contributed by atoms with Crippen molar-refractivity contribution < 1.29 is 24.2 Å². The molecule has 0 fully saturated rings. The molecule has 104 valence electrons. The number of carbonyl (C=O) groups excluding carboxylic acids is 1. The quantitative estimate of drug-likeness (QED) is 0.760. The number of amides is 1. The number of phenols is 1. The van der Waals surface area contributed by atoms with Gasteiger partial charge < -0.3 is 15.5 Å². The van der Waals surface area contributed by atoms with Crippen LogP contribution in [0.25, 0.3) is 0 Å². The van der Waals surface area contributed by atoms with E-state index >= 15 is 0 Å². The average Bonchev–Trinajstić information content (AvgIpc) is 2.37.